The van der Waals surface area contributed by atoms with Crippen molar-refractivity contribution in [3.8, 4) is 0 Å². The summed E-state index contributed by atoms with van der Waals surface area (Å²) in [4.78, 5) is 28.9. The van der Waals surface area contributed by atoms with Crippen molar-refractivity contribution in [3.05, 3.63) is 63.6 Å². The minimum Gasteiger partial charge on any atom is -0.322 e. The SMILES string of the molecule is Cc1ccc(C)c(C(=O)Nc2ccc3[nH]c(=O)[nH]c3c2)c1. The van der Waals surface area contributed by atoms with Crippen LogP contribution >= 0.6 is 0 Å². The summed E-state index contributed by atoms with van der Waals surface area (Å²) in [5.41, 5.74) is 4.37. The number of fused-ring (bicyclic) bond motifs is 1. The number of H-pyrrole nitrogens is 2. The molecule has 5 nitrogen and oxygen atoms in total. The molecule has 1 heterocycles. The van der Waals surface area contributed by atoms with Crippen molar-refractivity contribution in [1.29, 1.82) is 0 Å². The minimum absolute atomic E-state index is 0.159. The maximum atomic E-state index is 12.3. The van der Waals surface area contributed by atoms with Gasteiger partial charge in [0, 0.05) is 11.3 Å². The molecular weight excluding hydrogens is 266 g/mol. The largest absolute Gasteiger partial charge is 0.323 e. The van der Waals surface area contributed by atoms with Gasteiger partial charge in [-0.25, -0.2) is 4.79 Å². The van der Waals surface area contributed by atoms with Gasteiger partial charge in [-0.05, 0) is 43.7 Å². The average molecular weight is 281 g/mol. The fourth-order valence-corrected chi connectivity index (χ4v) is 2.29. The van der Waals surface area contributed by atoms with Crippen LogP contribution in [0.3, 0.4) is 0 Å². The molecule has 3 aromatic rings. The lowest BCUT2D eigenvalue weighted by molar-refractivity contribution is 0.102. The maximum absolute atomic E-state index is 12.3. The Balaban J connectivity index is 1.92. The van der Waals surface area contributed by atoms with Gasteiger partial charge in [0.2, 0.25) is 0 Å². The third kappa shape index (κ3) is 2.58. The van der Waals surface area contributed by atoms with E-state index in [0.29, 0.717) is 22.3 Å². The Morgan fingerprint density at radius 3 is 2.57 bits per heavy atom. The Morgan fingerprint density at radius 2 is 1.76 bits per heavy atom. The summed E-state index contributed by atoms with van der Waals surface area (Å²) in [6.45, 7) is 3.86. The summed E-state index contributed by atoms with van der Waals surface area (Å²) in [5.74, 6) is -0.159. The monoisotopic (exact) mass is 281 g/mol. The van der Waals surface area contributed by atoms with E-state index in [1.165, 1.54) is 0 Å². The number of benzene rings is 2. The predicted octanol–water partition coefficient (Wildman–Crippen LogP) is 2.73. The van der Waals surface area contributed by atoms with Crippen molar-refractivity contribution in [3.63, 3.8) is 0 Å². The molecule has 1 aromatic heterocycles. The maximum Gasteiger partial charge on any atom is 0.323 e. The number of hydrogen-bond donors (Lipinski definition) is 3. The van der Waals surface area contributed by atoms with Crippen molar-refractivity contribution < 1.29 is 4.79 Å². The van der Waals surface area contributed by atoms with E-state index >= 15 is 0 Å². The van der Waals surface area contributed by atoms with Crippen LogP contribution in [0.25, 0.3) is 11.0 Å². The van der Waals surface area contributed by atoms with Gasteiger partial charge in [0.25, 0.3) is 5.91 Å². The molecule has 1 amide bonds. The highest BCUT2D eigenvalue weighted by Gasteiger charge is 2.10. The Morgan fingerprint density at radius 1 is 1.00 bits per heavy atom. The highest BCUT2D eigenvalue weighted by atomic mass is 16.2. The summed E-state index contributed by atoms with van der Waals surface area (Å²) in [7, 11) is 0. The van der Waals surface area contributed by atoms with Crippen LogP contribution < -0.4 is 11.0 Å². The molecule has 0 fully saturated rings. The molecule has 0 aliphatic rings. The van der Waals surface area contributed by atoms with Crippen LogP contribution in [0.2, 0.25) is 0 Å². The Labute approximate surface area is 121 Å². The lowest BCUT2D eigenvalue weighted by atomic mass is 10.0. The number of carbonyl (C=O) groups is 1. The predicted molar refractivity (Wildman–Crippen MR) is 82.8 cm³/mol. The van der Waals surface area contributed by atoms with Crippen molar-refractivity contribution in [2.24, 2.45) is 0 Å². The topological polar surface area (TPSA) is 77.8 Å². The normalized spacial score (nSPS) is 10.8. The first-order chi connectivity index (χ1) is 10.0. The zero-order valence-corrected chi connectivity index (χ0v) is 11.8. The second-order valence-corrected chi connectivity index (χ2v) is 5.11. The zero-order valence-electron chi connectivity index (χ0n) is 11.8. The summed E-state index contributed by atoms with van der Waals surface area (Å²) in [5, 5.41) is 2.85. The van der Waals surface area contributed by atoms with Gasteiger partial charge in [0.05, 0.1) is 11.0 Å². The smallest absolute Gasteiger partial charge is 0.322 e. The molecule has 106 valence electrons. The molecule has 0 aliphatic carbocycles. The van der Waals surface area contributed by atoms with E-state index in [4.69, 9.17) is 0 Å². The number of aromatic amines is 2. The number of aromatic nitrogens is 2. The fourth-order valence-electron chi connectivity index (χ4n) is 2.29. The van der Waals surface area contributed by atoms with Gasteiger partial charge in [-0.15, -0.1) is 0 Å². The van der Waals surface area contributed by atoms with Gasteiger partial charge in [-0.2, -0.15) is 0 Å². The number of rotatable bonds is 2. The summed E-state index contributed by atoms with van der Waals surface area (Å²) >= 11 is 0. The van der Waals surface area contributed by atoms with Crippen LogP contribution in [0, 0.1) is 13.8 Å². The molecule has 0 aliphatic heterocycles. The van der Waals surface area contributed by atoms with Gasteiger partial charge in [-0.1, -0.05) is 17.7 Å². The van der Waals surface area contributed by atoms with Gasteiger partial charge >= 0.3 is 5.69 Å². The second-order valence-electron chi connectivity index (χ2n) is 5.11. The van der Waals surface area contributed by atoms with Crippen molar-refractivity contribution in [2.75, 3.05) is 5.32 Å². The lowest BCUT2D eigenvalue weighted by Crippen LogP contribution is -2.13. The number of carbonyl (C=O) groups excluding carboxylic acids is 1. The fraction of sp³-hybridized carbons (Fsp3) is 0.125. The first kappa shape index (κ1) is 13.2. The van der Waals surface area contributed by atoms with E-state index in [-0.39, 0.29) is 11.6 Å². The van der Waals surface area contributed by atoms with Crippen molar-refractivity contribution >= 4 is 22.6 Å². The first-order valence-electron chi connectivity index (χ1n) is 6.63. The highest BCUT2D eigenvalue weighted by molar-refractivity contribution is 6.06. The van der Waals surface area contributed by atoms with Crippen LogP contribution in [0.15, 0.2) is 41.2 Å². The Bertz CT molecular complexity index is 890. The molecule has 5 heteroatoms. The van der Waals surface area contributed by atoms with Crippen LogP contribution in [0.1, 0.15) is 21.5 Å². The zero-order chi connectivity index (χ0) is 15.0. The molecule has 0 spiro atoms. The van der Waals surface area contributed by atoms with Gasteiger partial charge in [0.15, 0.2) is 0 Å². The molecule has 2 aromatic carbocycles. The standard InChI is InChI=1S/C16H15N3O2/c1-9-3-4-10(2)12(7-9)15(20)17-11-5-6-13-14(8-11)19-16(21)18-13/h3-8H,1-2H3,(H,17,20)(H2,18,19,21). The highest BCUT2D eigenvalue weighted by Crippen LogP contribution is 2.17. The summed E-state index contributed by atoms with van der Waals surface area (Å²) in [6.07, 6.45) is 0. The molecule has 0 unspecified atom stereocenters. The van der Waals surface area contributed by atoms with Crippen molar-refractivity contribution in [2.45, 2.75) is 13.8 Å². The van der Waals surface area contributed by atoms with E-state index in [9.17, 15) is 9.59 Å². The summed E-state index contributed by atoms with van der Waals surface area (Å²) in [6, 6.07) is 11.0. The first-order valence-corrected chi connectivity index (χ1v) is 6.63. The van der Waals surface area contributed by atoms with Gasteiger partial charge in [0.1, 0.15) is 0 Å². The van der Waals surface area contributed by atoms with Gasteiger partial charge < -0.3 is 15.3 Å². The molecule has 0 saturated carbocycles. The number of imidazole rings is 1. The average Bonchev–Trinajstić information content (AvgIpc) is 2.80. The Hall–Kier alpha value is -2.82. The number of hydrogen-bond acceptors (Lipinski definition) is 2. The number of amides is 1. The second kappa shape index (κ2) is 4.94. The Kier molecular flexibility index (Phi) is 3.10. The molecule has 0 radical (unpaired) electrons. The molecule has 0 saturated heterocycles. The quantitative estimate of drug-likeness (QED) is 0.675. The van der Waals surface area contributed by atoms with Crippen molar-refractivity contribution in [1.82, 2.24) is 9.97 Å². The third-order valence-electron chi connectivity index (χ3n) is 3.41. The number of nitrogens with one attached hydrogen (secondary N) is 3. The number of anilines is 1. The molecule has 0 atom stereocenters. The van der Waals surface area contributed by atoms with Crippen LogP contribution in [0.4, 0.5) is 5.69 Å². The molecule has 3 rings (SSSR count). The van der Waals surface area contributed by atoms with Crippen LogP contribution in [-0.2, 0) is 0 Å². The lowest BCUT2D eigenvalue weighted by Gasteiger charge is -2.08. The van der Waals surface area contributed by atoms with Crippen LogP contribution in [0.5, 0.6) is 0 Å². The molecule has 3 N–H and O–H groups in total. The van der Waals surface area contributed by atoms with E-state index in [2.05, 4.69) is 15.3 Å². The van der Waals surface area contributed by atoms with E-state index in [1.54, 1.807) is 18.2 Å². The summed E-state index contributed by atoms with van der Waals surface area (Å²) < 4.78 is 0. The van der Waals surface area contributed by atoms with Crippen LogP contribution in [-0.4, -0.2) is 15.9 Å². The molecular formula is C16H15N3O2. The van der Waals surface area contributed by atoms with E-state index in [1.807, 2.05) is 32.0 Å². The minimum atomic E-state index is -0.261. The third-order valence-corrected chi connectivity index (χ3v) is 3.41. The molecule has 21 heavy (non-hydrogen) atoms. The number of aryl methyl sites for hydroxylation is 2. The van der Waals surface area contributed by atoms with E-state index < -0.39 is 0 Å². The molecule has 0 bridgehead atoms. The van der Waals surface area contributed by atoms with Gasteiger partial charge in [-0.3, -0.25) is 4.79 Å². The van der Waals surface area contributed by atoms with E-state index in [0.717, 1.165) is 11.1 Å².